The van der Waals surface area contributed by atoms with Gasteiger partial charge < -0.3 is 16.0 Å². The summed E-state index contributed by atoms with van der Waals surface area (Å²) in [5.41, 5.74) is 1.51. The van der Waals surface area contributed by atoms with Crippen molar-refractivity contribution in [2.24, 2.45) is 0 Å². The highest BCUT2D eigenvalue weighted by Crippen LogP contribution is 2.33. The molecule has 2 aliphatic heterocycles. The number of amides is 2. The van der Waals surface area contributed by atoms with Gasteiger partial charge in [-0.2, -0.15) is 11.8 Å². The van der Waals surface area contributed by atoms with Crippen molar-refractivity contribution in [3.05, 3.63) is 18.2 Å². The zero-order valence-corrected chi connectivity index (χ0v) is 13.1. The molecule has 5 nitrogen and oxygen atoms in total. The van der Waals surface area contributed by atoms with E-state index in [0.717, 1.165) is 34.3 Å². The highest BCUT2D eigenvalue weighted by molar-refractivity contribution is 8.00. The van der Waals surface area contributed by atoms with E-state index in [9.17, 15) is 9.59 Å². The van der Waals surface area contributed by atoms with Gasteiger partial charge >= 0.3 is 0 Å². The fourth-order valence-corrected chi connectivity index (χ4v) is 4.09. The van der Waals surface area contributed by atoms with Crippen LogP contribution in [-0.4, -0.2) is 41.7 Å². The number of fused-ring (bicyclic) bond motifs is 1. The first-order chi connectivity index (χ1) is 10.2. The van der Waals surface area contributed by atoms with Crippen LogP contribution in [0.4, 0.5) is 11.4 Å². The zero-order valence-electron chi connectivity index (χ0n) is 11.5. The van der Waals surface area contributed by atoms with Crippen LogP contribution in [0.25, 0.3) is 0 Å². The monoisotopic (exact) mass is 323 g/mol. The second-order valence-electron chi connectivity index (χ2n) is 5.03. The Morgan fingerprint density at radius 1 is 1.43 bits per heavy atom. The third kappa shape index (κ3) is 3.93. The second-order valence-corrected chi connectivity index (χ2v) is 7.19. The number of carbonyl (C=O) groups excluding carboxylic acids is 2. The van der Waals surface area contributed by atoms with Crippen LogP contribution in [0.2, 0.25) is 0 Å². The molecule has 0 aromatic heterocycles. The molecule has 1 atom stereocenters. The number of anilines is 2. The molecule has 3 rings (SSSR count). The van der Waals surface area contributed by atoms with Crippen molar-refractivity contribution < 1.29 is 9.59 Å². The Morgan fingerprint density at radius 3 is 3.14 bits per heavy atom. The summed E-state index contributed by atoms with van der Waals surface area (Å²) in [6.45, 7) is 0.963. The molecule has 0 radical (unpaired) electrons. The largest absolute Gasteiger partial charge is 0.326 e. The summed E-state index contributed by atoms with van der Waals surface area (Å²) >= 11 is 3.39. The van der Waals surface area contributed by atoms with Gasteiger partial charge in [0.15, 0.2) is 0 Å². The highest BCUT2D eigenvalue weighted by Gasteiger charge is 2.18. The molecule has 3 N–H and O–H groups in total. The summed E-state index contributed by atoms with van der Waals surface area (Å²) in [6.07, 6.45) is 0.477. The SMILES string of the molecule is O=C(CC1CSCCN1)Nc1ccc2c(c1)NC(=O)CS2. The van der Waals surface area contributed by atoms with Gasteiger partial charge in [0.1, 0.15) is 0 Å². The summed E-state index contributed by atoms with van der Waals surface area (Å²) in [6, 6.07) is 5.88. The molecule has 1 aromatic carbocycles. The van der Waals surface area contributed by atoms with E-state index in [2.05, 4.69) is 16.0 Å². The molecule has 2 heterocycles. The van der Waals surface area contributed by atoms with Gasteiger partial charge in [-0.1, -0.05) is 0 Å². The van der Waals surface area contributed by atoms with Crippen molar-refractivity contribution in [3.63, 3.8) is 0 Å². The van der Waals surface area contributed by atoms with Crippen LogP contribution in [0.3, 0.4) is 0 Å². The van der Waals surface area contributed by atoms with E-state index in [1.54, 1.807) is 0 Å². The van der Waals surface area contributed by atoms with Crippen LogP contribution in [0.5, 0.6) is 0 Å². The van der Waals surface area contributed by atoms with Crippen molar-refractivity contribution in [1.29, 1.82) is 0 Å². The highest BCUT2D eigenvalue weighted by atomic mass is 32.2. The number of benzene rings is 1. The van der Waals surface area contributed by atoms with Gasteiger partial charge in [0, 0.05) is 41.1 Å². The average Bonchev–Trinajstić information content (AvgIpc) is 2.47. The maximum atomic E-state index is 12.1. The first-order valence-corrected chi connectivity index (χ1v) is 9.02. The third-order valence-corrected chi connectivity index (χ3v) is 5.53. The van der Waals surface area contributed by atoms with E-state index in [1.807, 2.05) is 30.0 Å². The van der Waals surface area contributed by atoms with Gasteiger partial charge in [0.2, 0.25) is 11.8 Å². The summed E-state index contributed by atoms with van der Waals surface area (Å²) in [5.74, 6) is 2.54. The van der Waals surface area contributed by atoms with Gasteiger partial charge in [0.25, 0.3) is 0 Å². The standard InChI is InChI=1S/C14H17N3O2S2/c18-13(6-10-7-20-4-3-15-10)16-9-1-2-12-11(5-9)17-14(19)8-21-12/h1-2,5,10,15H,3-4,6-8H2,(H,16,18)(H,17,19). The van der Waals surface area contributed by atoms with Crippen molar-refractivity contribution in [2.75, 3.05) is 34.4 Å². The molecule has 1 saturated heterocycles. The van der Waals surface area contributed by atoms with Crippen LogP contribution in [0.15, 0.2) is 23.1 Å². The zero-order chi connectivity index (χ0) is 14.7. The van der Waals surface area contributed by atoms with E-state index in [4.69, 9.17) is 0 Å². The molecule has 21 heavy (non-hydrogen) atoms. The van der Waals surface area contributed by atoms with Gasteiger partial charge in [-0.05, 0) is 18.2 Å². The predicted octanol–water partition coefficient (Wildman–Crippen LogP) is 1.76. The Balaban J connectivity index is 1.60. The second kappa shape index (κ2) is 6.72. The Bertz CT molecular complexity index is 559. The van der Waals surface area contributed by atoms with E-state index >= 15 is 0 Å². The van der Waals surface area contributed by atoms with Crippen molar-refractivity contribution >= 4 is 46.7 Å². The van der Waals surface area contributed by atoms with Crippen LogP contribution < -0.4 is 16.0 Å². The number of thioether (sulfide) groups is 2. The Kier molecular flexibility index (Phi) is 4.72. The van der Waals surface area contributed by atoms with Crippen LogP contribution in [0, 0.1) is 0 Å². The normalized spacial score (nSPS) is 21.3. The first-order valence-electron chi connectivity index (χ1n) is 6.88. The van der Waals surface area contributed by atoms with E-state index in [-0.39, 0.29) is 17.9 Å². The Morgan fingerprint density at radius 2 is 2.33 bits per heavy atom. The van der Waals surface area contributed by atoms with Crippen molar-refractivity contribution in [1.82, 2.24) is 5.32 Å². The first kappa shape index (κ1) is 14.7. The van der Waals surface area contributed by atoms with Gasteiger partial charge in [-0.25, -0.2) is 0 Å². The van der Waals surface area contributed by atoms with Gasteiger partial charge in [0.05, 0.1) is 11.4 Å². The fraction of sp³-hybridized carbons (Fsp3) is 0.429. The lowest BCUT2D eigenvalue weighted by atomic mass is 10.2. The van der Waals surface area contributed by atoms with E-state index in [1.165, 1.54) is 11.8 Å². The topological polar surface area (TPSA) is 70.2 Å². The average molecular weight is 323 g/mol. The maximum absolute atomic E-state index is 12.1. The maximum Gasteiger partial charge on any atom is 0.234 e. The quantitative estimate of drug-likeness (QED) is 0.791. The summed E-state index contributed by atoms with van der Waals surface area (Å²) in [7, 11) is 0. The lowest BCUT2D eigenvalue weighted by Gasteiger charge is -2.22. The molecule has 112 valence electrons. The minimum Gasteiger partial charge on any atom is -0.326 e. The molecule has 2 amide bonds. The number of hydrogen-bond donors (Lipinski definition) is 3. The molecular formula is C14H17N3O2S2. The van der Waals surface area contributed by atoms with E-state index in [0.29, 0.717) is 12.2 Å². The minimum atomic E-state index is -0.000549. The van der Waals surface area contributed by atoms with Crippen molar-refractivity contribution in [2.45, 2.75) is 17.4 Å². The molecule has 0 saturated carbocycles. The predicted molar refractivity (Wildman–Crippen MR) is 88.2 cm³/mol. The molecule has 0 bridgehead atoms. The number of carbonyl (C=O) groups is 2. The third-order valence-electron chi connectivity index (χ3n) is 3.33. The summed E-state index contributed by atoms with van der Waals surface area (Å²) in [5, 5.41) is 9.08. The van der Waals surface area contributed by atoms with E-state index < -0.39 is 0 Å². The van der Waals surface area contributed by atoms with Crippen LogP contribution >= 0.6 is 23.5 Å². The molecule has 0 spiro atoms. The molecule has 1 fully saturated rings. The molecular weight excluding hydrogens is 306 g/mol. The van der Waals surface area contributed by atoms with Gasteiger partial charge in [-0.15, -0.1) is 11.8 Å². The molecule has 1 aromatic rings. The number of rotatable bonds is 3. The molecule has 2 aliphatic rings. The summed E-state index contributed by atoms with van der Waals surface area (Å²) in [4.78, 5) is 24.5. The number of hydrogen-bond acceptors (Lipinski definition) is 5. The van der Waals surface area contributed by atoms with Crippen molar-refractivity contribution in [3.8, 4) is 0 Å². The summed E-state index contributed by atoms with van der Waals surface area (Å²) < 4.78 is 0. The smallest absolute Gasteiger partial charge is 0.234 e. The lowest BCUT2D eigenvalue weighted by Crippen LogP contribution is -2.39. The van der Waals surface area contributed by atoms with Crippen LogP contribution in [0.1, 0.15) is 6.42 Å². The fourth-order valence-electron chi connectivity index (χ4n) is 2.35. The molecule has 7 heteroatoms. The minimum absolute atomic E-state index is 0.000549. The molecule has 0 aliphatic carbocycles. The van der Waals surface area contributed by atoms with Gasteiger partial charge in [-0.3, -0.25) is 9.59 Å². The van der Waals surface area contributed by atoms with Crippen LogP contribution in [-0.2, 0) is 9.59 Å². The lowest BCUT2D eigenvalue weighted by molar-refractivity contribution is -0.116. The molecule has 1 unspecified atom stereocenters. The Hall–Kier alpha value is -1.18. The Labute approximate surface area is 132 Å². The number of nitrogens with one attached hydrogen (secondary N) is 3.